The van der Waals surface area contributed by atoms with E-state index in [1.165, 1.54) is 25.7 Å². The van der Waals surface area contributed by atoms with Crippen LogP contribution in [0, 0.1) is 0 Å². The maximum absolute atomic E-state index is 10.9. The first-order chi connectivity index (χ1) is 8.16. The molecule has 0 unspecified atom stereocenters. The van der Waals surface area contributed by atoms with Crippen molar-refractivity contribution in [3.05, 3.63) is 29.3 Å². The minimum atomic E-state index is -0.949. The average Bonchev–Trinajstić information content (AvgIpc) is 2.30. The summed E-state index contributed by atoms with van der Waals surface area (Å²) >= 11 is 0. The molecule has 0 heterocycles. The Bertz CT molecular complexity index is 374. The Balaban J connectivity index is 2.54. The first-order valence-corrected chi connectivity index (χ1v) is 6.27. The number of anilines is 1. The number of para-hydroxylation sites is 1. The Labute approximate surface area is 103 Å². The van der Waals surface area contributed by atoms with Crippen molar-refractivity contribution in [3.8, 4) is 0 Å². The maximum Gasteiger partial charge on any atom is 0.337 e. The number of nitrogen functional groups attached to an aromatic ring is 1. The molecule has 3 nitrogen and oxygen atoms in total. The number of aryl methyl sites for hydroxylation is 1. The van der Waals surface area contributed by atoms with Gasteiger partial charge in [-0.25, -0.2) is 4.79 Å². The van der Waals surface area contributed by atoms with Crippen molar-refractivity contribution in [2.24, 2.45) is 0 Å². The van der Waals surface area contributed by atoms with Gasteiger partial charge in [-0.3, -0.25) is 0 Å². The normalized spacial score (nSPS) is 10.4. The van der Waals surface area contributed by atoms with E-state index in [-0.39, 0.29) is 5.56 Å². The molecule has 0 saturated carbocycles. The van der Waals surface area contributed by atoms with E-state index >= 15 is 0 Å². The predicted octanol–water partition coefficient (Wildman–Crippen LogP) is 3.48. The zero-order chi connectivity index (χ0) is 12.7. The molecule has 3 N–H and O–H groups in total. The molecule has 0 saturated heterocycles. The van der Waals surface area contributed by atoms with Crippen molar-refractivity contribution < 1.29 is 9.90 Å². The number of benzene rings is 1. The van der Waals surface area contributed by atoms with Crippen LogP contribution < -0.4 is 5.73 Å². The SMILES string of the molecule is CCCCCCCc1cccc(C(=O)O)c1N. The summed E-state index contributed by atoms with van der Waals surface area (Å²) in [6.07, 6.45) is 6.88. The van der Waals surface area contributed by atoms with E-state index in [0.717, 1.165) is 18.4 Å². The van der Waals surface area contributed by atoms with Gasteiger partial charge in [0.05, 0.1) is 5.56 Å². The summed E-state index contributed by atoms with van der Waals surface area (Å²) in [5.41, 5.74) is 7.45. The summed E-state index contributed by atoms with van der Waals surface area (Å²) < 4.78 is 0. The number of carbonyl (C=O) groups is 1. The first-order valence-electron chi connectivity index (χ1n) is 6.27. The maximum atomic E-state index is 10.9. The van der Waals surface area contributed by atoms with Crippen LogP contribution in [-0.2, 0) is 6.42 Å². The van der Waals surface area contributed by atoms with Crippen LogP contribution in [0.2, 0.25) is 0 Å². The molecule has 0 atom stereocenters. The molecule has 0 aromatic heterocycles. The molecule has 1 rings (SSSR count). The fourth-order valence-electron chi connectivity index (χ4n) is 1.94. The lowest BCUT2D eigenvalue weighted by atomic mass is 10.0. The lowest BCUT2D eigenvalue weighted by Gasteiger charge is -2.08. The second kappa shape index (κ2) is 6.94. The summed E-state index contributed by atoms with van der Waals surface area (Å²) in [5.74, 6) is -0.949. The molecular formula is C14H21NO2. The standard InChI is InChI=1S/C14H21NO2/c1-2-3-4-5-6-8-11-9-7-10-12(13(11)15)14(16)17/h7,9-10H,2-6,8,15H2,1H3,(H,16,17). The van der Waals surface area contributed by atoms with Gasteiger partial charge >= 0.3 is 5.97 Å². The van der Waals surface area contributed by atoms with Crippen LogP contribution in [0.3, 0.4) is 0 Å². The van der Waals surface area contributed by atoms with Crippen molar-refractivity contribution in [1.82, 2.24) is 0 Å². The molecule has 0 bridgehead atoms. The molecule has 0 amide bonds. The van der Waals surface area contributed by atoms with E-state index in [2.05, 4.69) is 6.92 Å². The van der Waals surface area contributed by atoms with Crippen LogP contribution in [0.25, 0.3) is 0 Å². The molecule has 0 fully saturated rings. The number of rotatable bonds is 7. The van der Waals surface area contributed by atoms with Gasteiger partial charge in [-0.1, -0.05) is 44.7 Å². The summed E-state index contributed by atoms with van der Waals surface area (Å²) in [6.45, 7) is 2.19. The summed E-state index contributed by atoms with van der Waals surface area (Å²) in [5, 5.41) is 8.95. The third-order valence-corrected chi connectivity index (χ3v) is 2.98. The molecule has 17 heavy (non-hydrogen) atoms. The molecular weight excluding hydrogens is 214 g/mol. The molecule has 94 valence electrons. The van der Waals surface area contributed by atoms with Gasteiger partial charge in [0, 0.05) is 5.69 Å². The molecule has 0 aliphatic carbocycles. The number of carboxylic acid groups (broad SMARTS) is 1. The van der Waals surface area contributed by atoms with Crippen LogP contribution in [0.5, 0.6) is 0 Å². The van der Waals surface area contributed by atoms with Crippen molar-refractivity contribution >= 4 is 11.7 Å². The lowest BCUT2D eigenvalue weighted by Crippen LogP contribution is -2.05. The highest BCUT2D eigenvalue weighted by Gasteiger charge is 2.10. The molecule has 0 spiro atoms. The fourth-order valence-corrected chi connectivity index (χ4v) is 1.94. The van der Waals surface area contributed by atoms with E-state index in [1.54, 1.807) is 12.1 Å². The lowest BCUT2D eigenvalue weighted by molar-refractivity contribution is 0.0698. The van der Waals surface area contributed by atoms with Crippen molar-refractivity contribution in [2.45, 2.75) is 45.4 Å². The van der Waals surface area contributed by atoms with Gasteiger partial charge in [0.15, 0.2) is 0 Å². The minimum Gasteiger partial charge on any atom is -0.478 e. The van der Waals surface area contributed by atoms with Gasteiger partial charge in [-0.05, 0) is 24.5 Å². The van der Waals surface area contributed by atoms with E-state index in [1.807, 2.05) is 6.07 Å². The van der Waals surface area contributed by atoms with E-state index in [4.69, 9.17) is 10.8 Å². The Morgan fingerprint density at radius 1 is 1.24 bits per heavy atom. The second-order valence-corrected chi connectivity index (χ2v) is 4.35. The van der Waals surface area contributed by atoms with E-state index in [0.29, 0.717) is 5.69 Å². The number of nitrogens with two attached hydrogens (primary N) is 1. The fraction of sp³-hybridized carbons (Fsp3) is 0.500. The third kappa shape index (κ3) is 4.10. The van der Waals surface area contributed by atoms with Crippen molar-refractivity contribution in [1.29, 1.82) is 0 Å². The number of hydrogen-bond donors (Lipinski definition) is 2. The summed E-state index contributed by atoms with van der Waals surface area (Å²) in [4.78, 5) is 10.9. The van der Waals surface area contributed by atoms with Crippen LogP contribution in [0.4, 0.5) is 5.69 Å². The summed E-state index contributed by atoms with van der Waals surface area (Å²) in [6, 6.07) is 5.24. The van der Waals surface area contributed by atoms with Crippen molar-refractivity contribution in [3.63, 3.8) is 0 Å². The van der Waals surface area contributed by atoms with Crippen LogP contribution in [0.1, 0.15) is 54.9 Å². The predicted molar refractivity (Wildman–Crippen MR) is 70.3 cm³/mol. The van der Waals surface area contributed by atoms with Crippen LogP contribution in [0.15, 0.2) is 18.2 Å². The van der Waals surface area contributed by atoms with Crippen LogP contribution >= 0.6 is 0 Å². The average molecular weight is 235 g/mol. The molecule has 3 heteroatoms. The Hall–Kier alpha value is -1.51. The Morgan fingerprint density at radius 2 is 1.94 bits per heavy atom. The smallest absolute Gasteiger partial charge is 0.337 e. The zero-order valence-corrected chi connectivity index (χ0v) is 10.4. The second-order valence-electron chi connectivity index (χ2n) is 4.35. The number of aromatic carboxylic acids is 1. The quantitative estimate of drug-likeness (QED) is 0.561. The van der Waals surface area contributed by atoms with Gasteiger partial charge in [0.2, 0.25) is 0 Å². The van der Waals surface area contributed by atoms with Gasteiger partial charge in [-0.2, -0.15) is 0 Å². The van der Waals surface area contributed by atoms with Gasteiger partial charge < -0.3 is 10.8 Å². The number of hydrogen-bond acceptors (Lipinski definition) is 2. The van der Waals surface area contributed by atoms with Gasteiger partial charge in [-0.15, -0.1) is 0 Å². The van der Waals surface area contributed by atoms with Crippen LogP contribution in [-0.4, -0.2) is 11.1 Å². The van der Waals surface area contributed by atoms with Gasteiger partial charge in [0.25, 0.3) is 0 Å². The highest BCUT2D eigenvalue weighted by Crippen LogP contribution is 2.20. The molecule has 1 aromatic rings. The molecule has 0 radical (unpaired) electrons. The molecule has 1 aromatic carbocycles. The number of carboxylic acids is 1. The number of unbranched alkanes of at least 4 members (excludes halogenated alkanes) is 4. The Morgan fingerprint density at radius 3 is 2.59 bits per heavy atom. The monoisotopic (exact) mass is 235 g/mol. The largest absolute Gasteiger partial charge is 0.478 e. The highest BCUT2D eigenvalue weighted by atomic mass is 16.4. The first kappa shape index (κ1) is 13.6. The third-order valence-electron chi connectivity index (χ3n) is 2.98. The Kier molecular flexibility index (Phi) is 5.53. The van der Waals surface area contributed by atoms with E-state index in [9.17, 15) is 4.79 Å². The highest BCUT2D eigenvalue weighted by molar-refractivity contribution is 5.94. The topological polar surface area (TPSA) is 63.3 Å². The van der Waals surface area contributed by atoms with Gasteiger partial charge in [0.1, 0.15) is 0 Å². The van der Waals surface area contributed by atoms with E-state index < -0.39 is 5.97 Å². The molecule has 0 aliphatic rings. The minimum absolute atomic E-state index is 0.219. The zero-order valence-electron chi connectivity index (χ0n) is 10.4. The van der Waals surface area contributed by atoms with Crippen molar-refractivity contribution in [2.75, 3.05) is 5.73 Å². The summed E-state index contributed by atoms with van der Waals surface area (Å²) in [7, 11) is 0. The molecule has 0 aliphatic heterocycles.